The van der Waals surface area contributed by atoms with Gasteiger partial charge < -0.3 is 9.84 Å². The fraction of sp³-hybridized carbons (Fsp3) is 0.368. The molecule has 0 aliphatic carbocycles. The van der Waals surface area contributed by atoms with Gasteiger partial charge in [0.1, 0.15) is 6.10 Å². The second kappa shape index (κ2) is 7.96. The maximum atomic E-state index is 10.1. The van der Waals surface area contributed by atoms with E-state index in [1.54, 1.807) is 0 Å². The number of benzene rings is 2. The highest BCUT2D eigenvalue weighted by atomic mass is 16.5. The minimum atomic E-state index is -0.541. The van der Waals surface area contributed by atoms with E-state index in [2.05, 4.69) is 38.1 Å². The van der Waals surface area contributed by atoms with E-state index in [0.717, 1.165) is 18.4 Å². The van der Waals surface area contributed by atoms with Crippen molar-refractivity contribution in [2.75, 3.05) is 13.2 Å². The summed E-state index contributed by atoms with van der Waals surface area (Å²) in [5.74, 6) is 0. The van der Waals surface area contributed by atoms with Crippen molar-refractivity contribution in [3.8, 4) is 0 Å². The fourth-order valence-corrected chi connectivity index (χ4v) is 2.29. The zero-order valence-corrected chi connectivity index (χ0v) is 12.9. The summed E-state index contributed by atoms with van der Waals surface area (Å²) in [5, 5.41) is 10.1. The van der Waals surface area contributed by atoms with Crippen molar-refractivity contribution in [1.82, 2.24) is 0 Å². The number of hydrogen-bond donors (Lipinski definition) is 1. The van der Waals surface area contributed by atoms with Gasteiger partial charge in [0.15, 0.2) is 0 Å². The van der Waals surface area contributed by atoms with Crippen LogP contribution in [0.3, 0.4) is 0 Å². The number of ether oxygens (including phenoxy) is 1. The first kappa shape index (κ1) is 15.7. The Labute approximate surface area is 127 Å². The zero-order valence-electron chi connectivity index (χ0n) is 12.9. The van der Waals surface area contributed by atoms with E-state index < -0.39 is 6.10 Å². The quantitative estimate of drug-likeness (QED) is 0.779. The lowest BCUT2D eigenvalue weighted by atomic mass is 10.0. The molecule has 2 aromatic carbocycles. The first-order valence-electron chi connectivity index (χ1n) is 7.53. The van der Waals surface area contributed by atoms with Gasteiger partial charge >= 0.3 is 0 Å². The number of aryl methyl sites for hydroxylation is 3. The highest BCUT2D eigenvalue weighted by Crippen LogP contribution is 2.17. The molecular weight excluding hydrogens is 260 g/mol. The highest BCUT2D eigenvalue weighted by molar-refractivity contribution is 5.31. The van der Waals surface area contributed by atoms with Crippen LogP contribution in [0.5, 0.6) is 0 Å². The number of aliphatic hydroxyl groups is 1. The molecule has 0 spiro atoms. The van der Waals surface area contributed by atoms with E-state index in [0.29, 0.717) is 13.2 Å². The Balaban J connectivity index is 1.69. The highest BCUT2D eigenvalue weighted by Gasteiger charge is 2.08. The van der Waals surface area contributed by atoms with E-state index in [1.165, 1.54) is 16.7 Å². The summed E-state index contributed by atoms with van der Waals surface area (Å²) in [6, 6.07) is 16.4. The van der Waals surface area contributed by atoms with Crippen LogP contribution in [0.25, 0.3) is 0 Å². The molecule has 0 aliphatic rings. The molecule has 0 amide bonds. The lowest BCUT2D eigenvalue weighted by molar-refractivity contribution is 0.0352. The summed E-state index contributed by atoms with van der Waals surface area (Å²) >= 11 is 0. The third kappa shape index (κ3) is 5.00. The molecule has 0 radical (unpaired) electrons. The molecular formula is C19H24O2. The van der Waals surface area contributed by atoms with Gasteiger partial charge in [-0.15, -0.1) is 0 Å². The summed E-state index contributed by atoms with van der Waals surface area (Å²) in [6.45, 7) is 5.17. The Bertz CT molecular complexity index is 549. The van der Waals surface area contributed by atoms with Gasteiger partial charge in [0.25, 0.3) is 0 Å². The molecule has 2 rings (SSSR count). The van der Waals surface area contributed by atoms with Gasteiger partial charge in [-0.3, -0.25) is 0 Å². The SMILES string of the molecule is Cc1ccc(C(O)COCCCc2ccccc2)cc1C. The van der Waals surface area contributed by atoms with Gasteiger partial charge in [0, 0.05) is 6.61 Å². The van der Waals surface area contributed by atoms with Crippen LogP contribution in [0.1, 0.15) is 34.8 Å². The smallest absolute Gasteiger partial charge is 0.102 e. The van der Waals surface area contributed by atoms with Crippen LogP contribution in [0.15, 0.2) is 48.5 Å². The van der Waals surface area contributed by atoms with Gasteiger partial charge in [-0.05, 0) is 48.9 Å². The van der Waals surface area contributed by atoms with Gasteiger partial charge in [-0.2, -0.15) is 0 Å². The van der Waals surface area contributed by atoms with Gasteiger partial charge in [-0.1, -0.05) is 48.5 Å². The van der Waals surface area contributed by atoms with Crippen LogP contribution >= 0.6 is 0 Å². The Morgan fingerprint density at radius 2 is 1.76 bits per heavy atom. The Kier molecular flexibility index (Phi) is 5.97. The predicted octanol–water partition coefficient (Wildman–Crippen LogP) is 3.99. The van der Waals surface area contributed by atoms with E-state index in [-0.39, 0.29) is 0 Å². The number of aliphatic hydroxyl groups excluding tert-OH is 1. The molecule has 2 nitrogen and oxygen atoms in total. The van der Waals surface area contributed by atoms with Crippen LogP contribution in [0.4, 0.5) is 0 Å². The first-order chi connectivity index (χ1) is 10.2. The molecule has 21 heavy (non-hydrogen) atoms. The molecule has 0 saturated heterocycles. The third-order valence-electron chi connectivity index (χ3n) is 3.79. The van der Waals surface area contributed by atoms with Crippen molar-refractivity contribution in [3.63, 3.8) is 0 Å². The molecule has 0 aliphatic heterocycles. The molecule has 0 fully saturated rings. The fourth-order valence-electron chi connectivity index (χ4n) is 2.29. The molecule has 2 aromatic rings. The third-order valence-corrected chi connectivity index (χ3v) is 3.79. The molecule has 1 atom stereocenters. The summed E-state index contributed by atoms with van der Waals surface area (Å²) in [7, 11) is 0. The lowest BCUT2D eigenvalue weighted by Crippen LogP contribution is -2.09. The number of rotatable bonds is 7. The van der Waals surface area contributed by atoms with Crippen molar-refractivity contribution < 1.29 is 9.84 Å². The van der Waals surface area contributed by atoms with Crippen molar-refractivity contribution >= 4 is 0 Å². The summed E-state index contributed by atoms with van der Waals surface area (Å²) in [6.07, 6.45) is 1.45. The van der Waals surface area contributed by atoms with Crippen LogP contribution in [-0.4, -0.2) is 18.3 Å². The monoisotopic (exact) mass is 284 g/mol. The van der Waals surface area contributed by atoms with Gasteiger partial charge in [-0.25, -0.2) is 0 Å². The molecule has 112 valence electrons. The topological polar surface area (TPSA) is 29.5 Å². The van der Waals surface area contributed by atoms with Crippen molar-refractivity contribution in [1.29, 1.82) is 0 Å². The minimum Gasteiger partial charge on any atom is -0.386 e. The first-order valence-corrected chi connectivity index (χ1v) is 7.53. The predicted molar refractivity (Wildman–Crippen MR) is 86.5 cm³/mol. The van der Waals surface area contributed by atoms with E-state index in [4.69, 9.17) is 4.74 Å². The molecule has 0 bridgehead atoms. The number of hydrogen-bond acceptors (Lipinski definition) is 2. The van der Waals surface area contributed by atoms with Crippen LogP contribution in [0, 0.1) is 13.8 Å². The molecule has 1 N–H and O–H groups in total. The maximum absolute atomic E-state index is 10.1. The molecule has 0 saturated carbocycles. The van der Waals surface area contributed by atoms with E-state index in [1.807, 2.05) is 24.3 Å². The standard InChI is InChI=1S/C19H24O2/c1-15-10-11-18(13-16(15)2)19(20)14-21-12-6-9-17-7-4-3-5-8-17/h3-5,7-8,10-11,13,19-20H,6,9,12,14H2,1-2H3. The summed E-state index contributed by atoms with van der Waals surface area (Å²) in [5.41, 5.74) is 4.71. The maximum Gasteiger partial charge on any atom is 0.102 e. The second-order valence-electron chi connectivity index (χ2n) is 5.52. The second-order valence-corrected chi connectivity index (χ2v) is 5.52. The van der Waals surface area contributed by atoms with Crippen LogP contribution in [0.2, 0.25) is 0 Å². The van der Waals surface area contributed by atoms with Gasteiger partial charge in [0.05, 0.1) is 6.61 Å². The van der Waals surface area contributed by atoms with E-state index in [9.17, 15) is 5.11 Å². The minimum absolute atomic E-state index is 0.358. The average Bonchev–Trinajstić information content (AvgIpc) is 2.50. The van der Waals surface area contributed by atoms with Gasteiger partial charge in [0.2, 0.25) is 0 Å². The normalized spacial score (nSPS) is 12.3. The summed E-state index contributed by atoms with van der Waals surface area (Å²) in [4.78, 5) is 0. The van der Waals surface area contributed by atoms with Crippen molar-refractivity contribution in [2.24, 2.45) is 0 Å². The average molecular weight is 284 g/mol. The Morgan fingerprint density at radius 1 is 1.00 bits per heavy atom. The molecule has 0 heterocycles. The van der Waals surface area contributed by atoms with Crippen molar-refractivity contribution in [3.05, 3.63) is 70.8 Å². The molecule has 0 aromatic heterocycles. The summed E-state index contributed by atoms with van der Waals surface area (Å²) < 4.78 is 5.59. The lowest BCUT2D eigenvalue weighted by Gasteiger charge is -2.13. The van der Waals surface area contributed by atoms with Crippen molar-refractivity contribution in [2.45, 2.75) is 32.8 Å². The molecule has 1 unspecified atom stereocenters. The van der Waals surface area contributed by atoms with Crippen LogP contribution < -0.4 is 0 Å². The Morgan fingerprint density at radius 3 is 2.48 bits per heavy atom. The van der Waals surface area contributed by atoms with E-state index >= 15 is 0 Å². The zero-order chi connectivity index (χ0) is 15.1. The Hall–Kier alpha value is -1.64. The molecule has 2 heteroatoms. The van der Waals surface area contributed by atoms with Crippen LogP contribution in [-0.2, 0) is 11.2 Å². The largest absolute Gasteiger partial charge is 0.386 e.